The first-order valence-corrected chi connectivity index (χ1v) is 8.70. The zero-order valence-corrected chi connectivity index (χ0v) is 15.8. The average Bonchev–Trinajstić information content (AvgIpc) is 2.63. The van der Waals surface area contributed by atoms with Crippen LogP contribution in [0.1, 0.15) is 30.1 Å². The number of carbonyl (C=O) groups is 1. The highest BCUT2D eigenvalue weighted by atomic mass is 127. The first-order chi connectivity index (χ1) is 12.0. The lowest BCUT2D eigenvalue weighted by Gasteiger charge is -2.09. The van der Waals surface area contributed by atoms with E-state index in [4.69, 9.17) is 4.74 Å². The number of carbonyl (C=O) groups excluding carboxylic acids is 1. The third-order valence-electron chi connectivity index (χ3n) is 3.50. The molecule has 0 aliphatic heterocycles. The minimum Gasteiger partial charge on any atom is -0.504 e. The van der Waals surface area contributed by atoms with E-state index in [9.17, 15) is 15.0 Å². The third-order valence-corrected chi connectivity index (χ3v) is 4.33. The maximum absolute atomic E-state index is 11.8. The van der Waals surface area contributed by atoms with Gasteiger partial charge in [0.25, 0.3) is 0 Å². The van der Waals surface area contributed by atoms with Crippen molar-refractivity contribution in [1.82, 2.24) is 5.43 Å². The van der Waals surface area contributed by atoms with E-state index in [1.807, 2.05) is 52.9 Å². The summed E-state index contributed by atoms with van der Waals surface area (Å²) in [5.74, 6) is 0.122. The second kappa shape index (κ2) is 9.38. The third kappa shape index (κ3) is 5.71. The molecule has 25 heavy (non-hydrogen) atoms. The molecule has 0 fully saturated rings. The van der Waals surface area contributed by atoms with Crippen LogP contribution in [0.5, 0.6) is 11.5 Å². The normalized spacial score (nSPS) is 12.1. The number of aliphatic hydroxyl groups is 1. The van der Waals surface area contributed by atoms with Crippen LogP contribution < -0.4 is 10.2 Å². The van der Waals surface area contributed by atoms with Crippen molar-refractivity contribution in [3.05, 3.63) is 57.2 Å². The van der Waals surface area contributed by atoms with Gasteiger partial charge < -0.3 is 14.9 Å². The van der Waals surface area contributed by atoms with Crippen LogP contribution in [0.15, 0.2) is 47.6 Å². The Labute approximate surface area is 159 Å². The number of nitrogens with zero attached hydrogens (tertiary/aromatic N) is 1. The maximum atomic E-state index is 11.8. The Kier molecular flexibility index (Phi) is 7.20. The summed E-state index contributed by atoms with van der Waals surface area (Å²) in [6, 6.07) is 12.5. The van der Waals surface area contributed by atoms with Crippen LogP contribution in [0.4, 0.5) is 0 Å². The molecule has 0 spiro atoms. The number of ether oxygens (including phenoxy) is 1. The highest BCUT2D eigenvalue weighted by Gasteiger charge is 2.10. The topological polar surface area (TPSA) is 91.2 Å². The molecule has 3 N–H and O–H groups in total. The molecule has 0 unspecified atom stereocenters. The molecule has 1 amide bonds. The Balaban J connectivity index is 1.85. The molecule has 6 nitrogen and oxygen atoms in total. The number of halogens is 1. The zero-order valence-electron chi connectivity index (χ0n) is 13.6. The van der Waals surface area contributed by atoms with Crippen molar-refractivity contribution < 1.29 is 19.7 Å². The number of methoxy groups -OCH3 is 1. The number of benzene rings is 2. The monoisotopic (exact) mass is 454 g/mol. The molecule has 0 aliphatic carbocycles. The molecule has 7 heteroatoms. The van der Waals surface area contributed by atoms with E-state index in [-0.39, 0.29) is 18.1 Å². The molecule has 1 atom stereocenters. The van der Waals surface area contributed by atoms with Crippen LogP contribution in [0, 0.1) is 3.57 Å². The first kappa shape index (κ1) is 19.2. The minimum absolute atomic E-state index is 0.0687. The molecule has 0 saturated carbocycles. The SMILES string of the molecule is COc1cc(/C=N\NC(=O)CC[C@H](O)c2ccccc2)cc(I)c1O. The van der Waals surface area contributed by atoms with Gasteiger partial charge in [-0.05, 0) is 52.3 Å². The van der Waals surface area contributed by atoms with Gasteiger partial charge in [0.1, 0.15) is 0 Å². The summed E-state index contributed by atoms with van der Waals surface area (Å²) in [7, 11) is 1.46. The molecule has 132 valence electrons. The van der Waals surface area contributed by atoms with E-state index in [2.05, 4.69) is 10.5 Å². The van der Waals surface area contributed by atoms with Crippen molar-refractivity contribution in [2.75, 3.05) is 7.11 Å². The predicted molar refractivity (Wildman–Crippen MR) is 104 cm³/mol. The van der Waals surface area contributed by atoms with Crippen molar-refractivity contribution in [1.29, 1.82) is 0 Å². The van der Waals surface area contributed by atoms with E-state index >= 15 is 0 Å². The largest absolute Gasteiger partial charge is 0.504 e. The van der Waals surface area contributed by atoms with E-state index in [0.717, 1.165) is 5.56 Å². The van der Waals surface area contributed by atoms with E-state index in [1.54, 1.807) is 12.1 Å². The summed E-state index contributed by atoms with van der Waals surface area (Å²) >= 11 is 1.98. The summed E-state index contributed by atoms with van der Waals surface area (Å²) in [5, 5.41) is 23.7. The summed E-state index contributed by atoms with van der Waals surface area (Å²) in [6.45, 7) is 0. The number of hydrazone groups is 1. The molecule has 0 aliphatic rings. The molecule has 2 aromatic carbocycles. The van der Waals surface area contributed by atoms with Gasteiger partial charge in [-0.1, -0.05) is 30.3 Å². The molecular weight excluding hydrogens is 435 g/mol. The van der Waals surface area contributed by atoms with Crippen LogP contribution in [0.25, 0.3) is 0 Å². The van der Waals surface area contributed by atoms with Crippen LogP contribution in [0.3, 0.4) is 0 Å². The quantitative estimate of drug-likeness (QED) is 0.341. The number of hydrogen-bond donors (Lipinski definition) is 3. The van der Waals surface area contributed by atoms with Crippen molar-refractivity contribution >= 4 is 34.7 Å². The number of aliphatic hydroxyl groups excluding tert-OH is 1. The number of aromatic hydroxyl groups is 1. The summed E-state index contributed by atoms with van der Waals surface area (Å²) < 4.78 is 5.69. The number of phenols is 1. The fraction of sp³-hybridized carbons (Fsp3) is 0.222. The number of hydrogen-bond acceptors (Lipinski definition) is 5. The van der Waals surface area contributed by atoms with Gasteiger partial charge in [-0.3, -0.25) is 4.79 Å². The van der Waals surface area contributed by atoms with Crippen molar-refractivity contribution in [2.24, 2.45) is 5.10 Å². The van der Waals surface area contributed by atoms with Gasteiger partial charge in [0, 0.05) is 6.42 Å². The Morgan fingerprint density at radius 2 is 2.08 bits per heavy atom. The Morgan fingerprint density at radius 1 is 1.36 bits per heavy atom. The summed E-state index contributed by atoms with van der Waals surface area (Å²) in [4.78, 5) is 11.8. The van der Waals surface area contributed by atoms with Gasteiger partial charge in [-0.2, -0.15) is 5.10 Å². The van der Waals surface area contributed by atoms with E-state index < -0.39 is 6.10 Å². The van der Waals surface area contributed by atoms with E-state index in [0.29, 0.717) is 21.3 Å². The molecule has 2 aromatic rings. The second-order valence-corrected chi connectivity index (χ2v) is 6.47. The number of phenolic OH excluding ortho intramolecular Hbond substituents is 1. The molecular formula is C18H19IN2O4. The molecule has 2 rings (SSSR count). The predicted octanol–water partition coefficient (Wildman–Crippen LogP) is 2.97. The number of amides is 1. The summed E-state index contributed by atoms with van der Waals surface area (Å²) in [6.07, 6.45) is 1.26. The van der Waals surface area contributed by atoms with Crippen LogP contribution in [0.2, 0.25) is 0 Å². The van der Waals surface area contributed by atoms with Gasteiger partial charge in [-0.25, -0.2) is 5.43 Å². The summed E-state index contributed by atoms with van der Waals surface area (Å²) in [5.41, 5.74) is 3.89. The number of rotatable bonds is 7. The lowest BCUT2D eigenvalue weighted by molar-refractivity contribution is -0.121. The molecule has 0 heterocycles. The van der Waals surface area contributed by atoms with Gasteiger partial charge in [0.05, 0.1) is 23.0 Å². The molecule has 0 radical (unpaired) electrons. The van der Waals surface area contributed by atoms with Gasteiger partial charge in [-0.15, -0.1) is 0 Å². The Hall–Kier alpha value is -2.13. The highest BCUT2D eigenvalue weighted by Crippen LogP contribution is 2.31. The maximum Gasteiger partial charge on any atom is 0.240 e. The van der Waals surface area contributed by atoms with Crippen molar-refractivity contribution in [3.8, 4) is 11.5 Å². The fourth-order valence-electron chi connectivity index (χ4n) is 2.17. The van der Waals surface area contributed by atoms with Crippen LogP contribution in [-0.4, -0.2) is 29.4 Å². The van der Waals surface area contributed by atoms with Crippen molar-refractivity contribution in [3.63, 3.8) is 0 Å². The molecule has 0 saturated heterocycles. The van der Waals surface area contributed by atoms with Crippen LogP contribution >= 0.6 is 22.6 Å². The highest BCUT2D eigenvalue weighted by molar-refractivity contribution is 14.1. The molecule has 0 aromatic heterocycles. The molecule has 0 bridgehead atoms. The average molecular weight is 454 g/mol. The van der Waals surface area contributed by atoms with Gasteiger partial charge in [0.2, 0.25) is 5.91 Å². The lowest BCUT2D eigenvalue weighted by atomic mass is 10.1. The van der Waals surface area contributed by atoms with Crippen molar-refractivity contribution in [2.45, 2.75) is 18.9 Å². The fourth-order valence-corrected chi connectivity index (χ4v) is 2.79. The zero-order chi connectivity index (χ0) is 18.2. The lowest BCUT2D eigenvalue weighted by Crippen LogP contribution is -2.18. The Morgan fingerprint density at radius 3 is 2.76 bits per heavy atom. The minimum atomic E-state index is -0.682. The Bertz CT molecular complexity index is 750. The van der Waals surface area contributed by atoms with Gasteiger partial charge in [0.15, 0.2) is 11.5 Å². The number of nitrogens with one attached hydrogen (secondary N) is 1. The standard InChI is InChI=1S/C18H19IN2O4/c1-25-16-10-12(9-14(19)18(16)24)11-20-21-17(23)8-7-15(22)13-5-3-2-4-6-13/h2-6,9-11,15,22,24H,7-8H2,1H3,(H,21,23)/b20-11-/t15-/m0/s1. The first-order valence-electron chi connectivity index (χ1n) is 7.62. The van der Waals surface area contributed by atoms with Gasteiger partial charge >= 0.3 is 0 Å². The smallest absolute Gasteiger partial charge is 0.240 e. The second-order valence-electron chi connectivity index (χ2n) is 5.31. The van der Waals surface area contributed by atoms with E-state index in [1.165, 1.54) is 13.3 Å². The van der Waals surface area contributed by atoms with Crippen LogP contribution in [-0.2, 0) is 4.79 Å².